The summed E-state index contributed by atoms with van der Waals surface area (Å²) >= 11 is 22.2. The number of carbonyl (C=O) groups is 1. The molecule has 0 bridgehead atoms. The van der Waals surface area contributed by atoms with Crippen LogP contribution in [0, 0.1) is 5.82 Å². The SMILES string of the molecule is CC(Oc1ccc(Oc2ncc(Cl)cc2F)cc1)C(=O)C(Cl)(Cl)Cl. The topological polar surface area (TPSA) is 48.4 Å². The van der Waals surface area contributed by atoms with E-state index >= 15 is 0 Å². The maximum atomic E-state index is 13.6. The molecule has 0 amide bonds. The van der Waals surface area contributed by atoms with Crippen LogP contribution in [0.3, 0.4) is 0 Å². The number of hydrogen-bond acceptors (Lipinski definition) is 4. The summed E-state index contributed by atoms with van der Waals surface area (Å²) in [6.45, 7) is 1.46. The molecule has 1 unspecified atom stereocenters. The fourth-order valence-corrected chi connectivity index (χ4v) is 2.27. The standard InChI is InChI=1S/C15H10Cl4FNO3/c1-8(13(22)15(17,18)19)23-10-2-4-11(5-3-10)24-14-12(20)6-9(16)7-21-14/h2-8H,1H3. The molecule has 128 valence electrons. The van der Waals surface area contributed by atoms with Crippen LogP contribution in [0.4, 0.5) is 4.39 Å². The van der Waals surface area contributed by atoms with Crippen LogP contribution in [0.25, 0.3) is 0 Å². The van der Waals surface area contributed by atoms with Gasteiger partial charge in [0, 0.05) is 6.20 Å². The Morgan fingerprint density at radius 3 is 2.33 bits per heavy atom. The van der Waals surface area contributed by atoms with Crippen molar-refractivity contribution in [3.05, 3.63) is 47.4 Å². The molecule has 0 aliphatic rings. The quantitative estimate of drug-likeness (QED) is 0.619. The molecule has 4 nitrogen and oxygen atoms in total. The van der Waals surface area contributed by atoms with Gasteiger partial charge < -0.3 is 9.47 Å². The van der Waals surface area contributed by atoms with E-state index in [1.54, 1.807) is 0 Å². The predicted molar refractivity (Wildman–Crippen MR) is 91.1 cm³/mol. The van der Waals surface area contributed by atoms with Crippen molar-refractivity contribution < 1.29 is 18.7 Å². The van der Waals surface area contributed by atoms with E-state index in [9.17, 15) is 9.18 Å². The predicted octanol–water partition coefficient (Wildman–Crippen LogP) is 5.37. The highest BCUT2D eigenvalue weighted by atomic mass is 35.6. The molecule has 0 aliphatic heterocycles. The Labute approximate surface area is 157 Å². The fraction of sp³-hybridized carbons (Fsp3) is 0.200. The number of ether oxygens (including phenoxy) is 2. The molecular weight excluding hydrogens is 403 g/mol. The van der Waals surface area contributed by atoms with Crippen molar-refractivity contribution in [1.82, 2.24) is 4.98 Å². The van der Waals surface area contributed by atoms with Crippen molar-refractivity contribution in [1.29, 1.82) is 0 Å². The van der Waals surface area contributed by atoms with Gasteiger partial charge in [0.15, 0.2) is 11.9 Å². The number of pyridine rings is 1. The molecule has 1 aromatic carbocycles. The summed E-state index contributed by atoms with van der Waals surface area (Å²) in [4.78, 5) is 15.5. The number of carbonyl (C=O) groups excluding carboxylic acids is 1. The van der Waals surface area contributed by atoms with E-state index in [0.717, 1.165) is 6.07 Å². The minimum atomic E-state index is -2.06. The molecule has 1 aromatic heterocycles. The zero-order valence-electron chi connectivity index (χ0n) is 12.1. The van der Waals surface area contributed by atoms with E-state index in [-0.39, 0.29) is 10.9 Å². The van der Waals surface area contributed by atoms with Gasteiger partial charge in [-0.1, -0.05) is 46.4 Å². The van der Waals surface area contributed by atoms with Crippen molar-refractivity contribution in [3.63, 3.8) is 0 Å². The number of hydrogen-bond donors (Lipinski definition) is 0. The normalized spacial score (nSPS) is 12.6. The van der Waals surface area contributed by atoms with E-state index < -0.39 is 21.5 Å². The summed E-state index contributed by atoms with van der Waals surface area (Å²) < 4.78 is 22.2. The highest BCUT2D eigenvalue weighted by Gasteiger charge is 2.35. The van der Waals surface area contributed by atoms with Gasteiger partial charge in [0.05, 0.1) is 5.02 Å². The van der Waals surface area contributed by atoms with E-state index in [0.29, 0.717) is 11.5 Å². The van der Waals surface area contributed by atoms with E-state index in [1.165, 1.54) is 37.4 Å². The van der Waals surface area contributed by atoms with Crippen LogP contribution in [0.5, 0.6) is 17.4 Å². The van der Waals surface area contributed by atoms with E-state index in [2.05, 4.69) is 4.98 Å². The maximum absolute atomic E-state index is 13.6. The molecule has 0 fully saturated rings. The third-order valence-electron chi connectivity index (χ3n) is 2.77. The Morgan fingerprint density at radius 2 is 1.79 bits per heavy atom. The van der Waals surface area contributed by atoms with Crippen LogP contribution in [-0.4, -0.2) is 20.7 Å². The second-order valence-corrected chi connectivity index (χ2v) is 7.35. The smallest absolute Gasteiger partial charge is 0.255 e. The van der Waals surface area contributed by atoms with E-state index in [1.807, 2.05) is 0 Å². The van der Waals surface area contributed by atoms with Gasteiger partial charge in [-0.2, -0.15) is 0 Å². The first kappa shape index (κ1) is 19.1. The van der Waals surface area contributed by atoms with Crippen LogP contribution in [-0.2, 0) is 4.79 Å². The van der Waals surface area contributed by atoms with Gasteiger partial charge in [-0.05, 0) is 37.3 Å². The lowest BCUT2D eigenvalue weighted by atomic mass is 10.2. The number of halogens is 5. The Balaban J connectivity index is 2.04. The molecule has 0 radical (unpaired) electrons. The lowest BCUT2D eigenvalue weighted by Crippen LogP contribution is -2.34. The lowest BCUT2D eigenvalue weighted by Gasteiger charge is -2.17. The largest absolute Gasteiger partial charge is 0.483 e. The zero-order chi connectivity index (χ0) is 17.9. The summed E-state index contributed by atoms with van der Waals surface area (Å²) in [5.74, 6) is -0.934. The molecule has 0 aliphatic carbocycles. The van der Waals surface area contributed by atoms with Crippen LogP contribution < -0.4 is 9.47 Å². The highest BCUT2D eigenvalue weighted by molar-refractivity contribution is 6.76. The third-order valence-corrected chi connectivity index (χ3v) is 3.54. The summed E-state index contributed by atoms with van der Waals surface area (Å²) in [6.07, 6.45) is 0.307. The van der Waals surface area contributed by atoms with Gasteiger partial charge >= 0.3 is 0 Å². The number of ketones is 1. The molecule has 0 saturated carbocycles. The number of alkyl halides is 3. The van der Waals surface area contributed by atoms with Crippen molar-refractivity contribution in [2.75, 3.05) is 0 Å². The molecule has 2 rings (SSSR count). The summed E-state index contributed by atoms with van der Waals surface area (Å²) in [5, 5.41) is 0.163. The molecule has 0 N–H and O–H groups in total. The molecule has 2 aromatic rings. The molecule has 0 saturated heterocycles. The fourth-order valence-electron chi connectivity index (χ4n) is 1.66. The third kappa shape index (κ3) is 5.11. The molecule has 1 heterocycles. The number of aromatic nitrogens is 1. The zero-order valence-corrected chi connectivity index (χ0v) is 15.1. The minimum Gasteiger partial charge on any atom is -0.483 e. The molecule has 0 spiro atoms. The second-order valence-electron chi connectivity index (χ2n) is 4.64. The van der Waals surface area contributed by atoms with Gasteiger partial charge in [0.1, 0.15) is 11.5 Å². The Bertz CT molecular complexity index is 734. The monoisotopic (exact) mass is 411 g/mol. The average Bonchev–Trinajstić information content (AvgIpc) is 2.50. The summed E-state index contributed by atoms with van der Waals surface area (Å²) in [7, 11) is 0. The number of benzene rings is 1. The highest BCUT2D eigenvalue weighted by Crippen LogP contribution is 2.30. The second kappa shape index (κ2) is 7.74. The summed E-state index contributed by atoms with van der Waals surface area (Å²) in [6, 6.07) is 7.15. The van der Waals surface area contributed by atoms with E-state index in [4.69, 9.17) is 55.9 Å². The first-order valence-corrected chi connectivity index (χ1v) is 8.04. The first-order chi connectivity index (χ1) is 11.2. The number of nitrogens with zero attached hydrogens (tertiary/aromatic N) is 1. The van der Waals surface area contributed by atoms with Crippen LogP contribution in [0.2, 0.25) is 5.02 Å². The lowest BCUT2D eigenvalue weighted by molar-refractivity contribution is -0.124. The van der Waals surface area contributed by atoms with Gasteiger partial charge in [-0.25, -0.2) is 9.37 Å². The van der Waals surface area contributed by atoms with Crippen molar-refractivity contribution in [2.24, 2.45) is 0 Å². The van der Waals surface area contributed by atoms with Crippen LogP contribution >= 0.6 is 46.4 Å². The van der Waals surface area contributed by atoms with Gasteiger partial charge in [0.2, 0.25) is 5.78 Å². The molecule has 24 heavy (non-hydrogen) atoms. The molecule has 9 heteroatoms. The van der Waals surface area contributed by atoms with Crippen molar-refractivity contribution >= 4 is 52.2 Å². The maximum Gasteiger partial charge on any atom is 0.255 e. The van der Waals surface area contributed by atoms with Gasteiger partial charge in [-0.15, -0.1) is 0 Å². The number of Topliss-reactive ketones (excluding diaryl/α,β-unsaturated/α-hetero) is 1. The Hall–Kier alpha value is -1.27. The van der Waals surface area contributed by atoms with Crippen LogP contribution in [0.15, 0.2) is 36.5 Å². The first-order valence-electron chi connectivity index (χ1n) is 6.53. The van der Waals surface area contributed by atoms with Crippen LogP contribution in [0.1, 0.15) is 6.92 Å². The molecule has 1 atom stereocenters. The minimum absolute atomic E-state index is 0.163. The number of rotatable bonds is 5. The van der Waals surface area contributed by atoms with Gasteiger partial charge in [-0.3, -0.25) is 4.79 Å². The molecular formula is C15H10Cl4FNO3. The van der Waals surface area contributed by atoms with Crippen molar-refractivity contribution in [2.45, 2.75) is 16.8 Å². The summed E-state index contributed by atoms with van der Waals surface area (Å²) in [5.41, 5.74) is 0. The average molecular weight is 413 g/mol. The van der Waals surface area contributed by atoms with Crippen molar-refractivity contribution in [3.8, 4) is 17.4 Å². The Kier molecular flexibility index (Phi) is 6.15. The Morgan fingerprint density at radius 1 is 1.21 bits per heavy atom. The van der Waals surface area contributed by atoms with Gasteiger partial charge in [0.25, 0.3) is 9.67 Å².